The molecular weight excluding hydrogens is 1430 g/mol. The summed E-state index contributed by atoms with van der Waals surface area (Å²) in [5.74, 6) is 1.38. The Bertz CT molecular complexity index is 8100. The van der Waals surface area contributed by atoms with Crippen molar-refractivity contribution in [3.8, 4) is 102 Å². The van der Waals surface area contributed by atoms with Crippen molar-refractivity contribution in [3.63, 3.8) is 0 Å². The Morgan fingerprint density at radius 2 is 0.492 bits per heavy atom. The molecule has 550 valence electrons. The van der Waals surface area contributed by atoms with E-state index >= 15 is 0 Å². The Morgan fingerprint density at radius 3 is 1.00 bits per heavy atom. The molecule has 0 spiro atoms. The highest BCUT2D eigenvalue weighted by molar-refractivity contribution is 6.30. The lowest BCUT2D eigenvalue weighted by Gasteiger charge is -2.15. The molecular formula is C110H70N8. The van der Waals surface area contributed by atoms with Crippen molar-refractivity contribution in [2.45, 2.75) is 0 Å². The van der Waals surface area contributed by atoms with Crippen LogP contribution in [-0.2, 0) is 0 Å². The fourth-order valence-corrected chi connectivity index (χ4v) is 18.2. The minimum Gasteiger partial charge on any atom is -0.309 e. The Morgan fingerprint density at radius 1 is 0.153 bits per heavy atom. The number of fused-ring (bicyclic) bond motifs is 17. The molecule has 6 aromatic heterocycles. The van der Waals surface area contributed by atoms with Gasteiger partial charge in [-0.05, 0) is 171 Å². The zero-order chi connectivity index (χ0) is 77.7. The normalized spacial score (nSPS) is 11.7. The molecule has 24 aromatic rings. The quantitative estimate of drug-likeness (QED) is 0.129. The van der Waals surface area contributed by atoms with Crippen molar-refractivity contribution >= 4 is 120 Å². The van der Waals surface area contributed by atoms with Gasteiger partial charge in [0.15, 0.2) is 11.6 Å². The predicted molar refractivity (Wildman–Crippen MR) is 492 cm³/mol. The van der Waals surface area contributed by atoms with Crippen LogP contribution in [0, 0.1) is 0 Å². The molecule has 0 unspecified atom stereocenters. The topological polar surface area (TPSA) is 71.3 Å². The fraction of sp³-hybridized carbons (Fsp3) is 0. The number of benzene rings is 18. The molecule has 0 saturated heterocycles. The highest BCUT2D eigenvalue weighted by atomic mass is 15.0. The van der Waals surface area contributed by atoms with Crippen LogP contribution in [0.5, 0.6) is 0 Å². The molecule has 0 N–H and O–H groups in total. The van der Waals surface area contributed by atoms with Gasteiger partial charge in [-0.15, -0.1) is 0 Å². The van der Waals surface area contributed by atoms with Gasteiger partial charge in [0.2, 0.25) is 0 Å². The van der Waals surface area contributed by atoms with Crippen LogP contribution in [0.1, 0.15) is 0 Å². The Kier molecular flexibility index (Phi) is 16.1. The first-order valence-electron chi connectivity index (χ1n) is 40.2. The van der Waals surface area contributed by atoms with Gasteiger partial charge in [-0.3, -0.25) is 0 Å². The second kappa shape index (κ2) is 28.0. The van der Waals surface area contributed by atoms with E-state index in [1.54, 1.807) is 0 Å². The first-order valence-corrected chi connectivity index (χ1v) is 40.2. The van der Waals surface area contributed by atoms with Crippen LogP contribution in [0.3, 0.4) is 0 Å². The van der Waals surface area contributed by atoms with Crippen molar-refractivity contribution in [2.75, 3.05) is 0 Å². The highest BCUT2D eigenvalue weighted by Crippen LogP contribution is 2.47. The molecule has 0 amide bonds. The third-order valence-corrected chi connectivity index (χ3v) is 23.6. The van der Waals surface area contributed by atoms with Crippen molar-refractivity contribution in [2.24, 2.45) is 0 Å². The standard InChI is InChI=1S/C56H36N4.C54H34N4/c1-4-17-37(18-5-1)39-22-16-23-41(33-39)49-36-48(38-19-6-2-7-20-38)57-56(58-49)47-35-43(34-40-21-10-11-26-44(40)47)60-51-30-15-13-28-46(51)55-53(60)32-31-52-54(55)45-27-12-14-29-50(45)59(52)42-24-8-3-9-25-42;1-3-14-37(15-4-1)46-34-47(39-25-23-35-13-7-8-16-38(35)31-39)56-54(55-46)40-26-24-36-27-28-43(33-41(36)32-40)58-49-22-12-10-20-45(49)53-51(58)30-29-50-52(53)44-19-9-11-21-48(44)57(50)42-17-5-2-6-18-42/h1-36H;1-34H. The van der Waals surface area contributed by atoms with Gasteiger partial charge in [-0.25, -0.2) is 19.9 Å². The van der Waals surface area contributed by atoms with E-state index < -0.39 is 0 Å². The lowest BCUT2D eigenvalue weighted by atomic mass is 9.99. The van der Waals surface area contributed by atoms with Gasteiger partial charge >= 0.3 is 0 Å². The van der Waals surface area contributed by atoms with Crippen LogP contribution in [0.2, 0.25) is 0 Å². The molecule has 18 aromatic carbocycles. The second-order valence-electron chi connectivity index (χ2n) is 30.4. The monoisotopic (exact) mass is 1500 g/mol. The molecule has 0 aliphatic carbocycles. The van der Waals surface area contributed by atoms with E-state index in [2.05, 4.69) is 431 Å². The highest BCUT2D eigenvalue weighted by Gasteiger charge is 2.25. The molecule has 6 heterocycles. The lowest BCUT2D eigenvalue weighted by Crippen LogP contribution is -1.99. The van der Waals surface area contributed by atoms with E-state index in [9.17, 15) is 0 Å². The fourth-order valence-electron chi connectivity index (χ4n) is 18.2. The maximum atomic E-state index is 5.41. The van der Waals surface area contributed by atoms with Crippen molar-refractivity contribution in [3.05, 3.63) is 425 Å². The lowest BCUT2D eigenvalue weighted by molar-refractivity contribution is 1.16. The van der Waals surface area contributed by atoms with E-state index in [0.717, 1.165) is 117 Å². The minimum atomic E-state index is 0.684. The molecule has 0 saturated carbocycles. The number of rotatable bonds is 11. The first-order chi connectivity index (χ1) is 58.5. The molecule has 0 fully saturated rings. The number of para-hydroxylation sites is 6. The molecule has 8 heteroatoms. The van der Waals surface area contributed by atoms with Gasteiger partial charge in [0.25, 0.3) is 0 Å². The zero-order valence-corrected chi connectivity index (χ0v) is 64.0. The maximum absolute atomic E-state index is 5.41. The van der Waals surface area contributed by atoms with Crippen molar-refractivity contribution < 1.29 is 0 Å². The van der Waals surface area contributed by atoms with Gasteiger partial charge in [0.1, 0.15) is 0 Å². The molecule has 0 aliphatic heterocycles. The number of aromatic nitrogens is 8. The van der Waals surface area contributed by atoms with Gasteiger partial charge in [0, 0.05) is 99.2 Å². The first kappa shape index (κ1) is 67.8. The van der Waals surface area contributed by atoms with Crippen molar-refractivity contribution in [1.29, 1.82) is 0 Å². The summed E-state index contributed by atoms with van der Waals surface area (Å²) in [6.45, 7) is 0. The maximum Gasteiger partial charge on any atom is 0.161 e. The third-order valence-electron chi connectivity index (χ3n) is 23.6. The smallest absolute Gasteiger partial charge is 0.161 e. The van der Waals surface area contributed by atoms with E-state index in [4.69, 9.17) is 19.9 Å². The third kappa shape index (κ3) is 11.4. The molecule has 118 heavy (non-hydrogen) atoms. The van der Waals surface area contributed by atoms with Crippen LogP contribution in [0.15, 0.2) is 425 Å². The predicted octanol–water partition coefficient (Wildman–Crippen LogP) is 28.5. The van der Waals surface area contributed by atoms with Gasteiger partial charge < -0.3 is 18.3 Å². The molecule has 8 nitrogen and oxygen atoms in total. The van der Waals surface area contributed by atoms with Crippen molar-refractivity contribution in [1.82, 2.24) is 38.2 Å². The summed E-state index contributed by atoms with van der Waals surface area (Å²) in [6, 6.07) is 152. The molecule has 0 aliphatic rings. The number of hydrogen-bond acceptors (Lipinski definition) is 4. The van der Waals surface area contributed by atoms with E-state index in [1.807, 2.05) is 12.1 Å². The summed E-state index contributed by atoms with van der Waals surface area (Å²) in [7, 11) is 0. The van der Waals surface area contributed by atoms with Gasteiger partial charge in [0.05, 0.1) is 66.9 Å². The summed E-state index contributed by atoms with van der Waals surface area (Å²) in [6.07, 6.45) is 0. The summed E-state index contributed by atoms with van der Waals surface area (Å²) < 4.78 is 9.65. The number of nitrogens with zero attached hydrogens (tertiary/aromatic N) is 8. The van der Waals surface area contributed by atoms with Crippen LogP contribution >= 0.6 is 0 Å². The van der Waals surface area contributed by atoms with E-state index in [-0.39, 0.29) is 0 Å². The van der Waals surface area contributed by atoms with Crippen LogP contribution in [0.4, 0.5) is 0 Å². The molecule has 0 radical (unpaired) electrons. The number of hydrogen-bond donors (Lipinski definition) is 0. The van der Waals surface area contributed by atoms with Crippen LogP contribution in [0.25, 0.3) is 221 Å². The Balaban J connectivity index is 0.000000138. The summed E-state index contributed by atoms with van der Waals surface area (Å²) in [5.41, 5.74) is 25.9. The minimum absolute atomic E-state index is 0.684. The molecule has 24 rings (SSSR count). The Hall–Kier alpha value is -15.9. The van der Waals surface area contributed by atoms with Crippen LogP contribution < -0.4 is 0 Å². The second-order valence-corrected chi connectivity index (χ2v) is 30.4. The average Bonchev–Trinajstić information content (AvgIpc) is 1.56. The molecule has 0 bridgehead atoms. The van der Waals surface area contributed by atoms with E-state index in [0.29, 0.717) is 11.6 Å². The van der Waals surface area contributed by atoms with E-state index in [1.165, 1.54) is 92.5 Å². The largest absolute Gasteiger partial charge is 0.309 e. The SMILES string of the molecule is c1ccc(-c2cc(-c3ccc4ccccc4c3)nc(-c3ccc4ccc(-n5c6ccccc6c6c7c8ccccc8n(-c8ccccc8)c7ccc65)cc4c3)n2)cc1.c1ccc(-c2cccc(-c3cc(-c4ccccc4)nc(-c4cc(-n5c6ccccc6c6c7c8ccccc8n(-c8ccccc8)c7ccc65)cc5ccccc45)n3)c2)cc1. The Labute approximate surface area is 679 Å². The zero-order valence-electron chi connectivity index (χ0n) is 64.0. The summed E-state index contributed by atoms with van der Waals surface area (Å²) in [5, 5.41) is 16.9. The van der Waals surface area contributed by atoms with Gasteiger partial charge in [-0.2, -0.15) is 0 Å². The average molecular weight is 1500 g/mol. The summed E-state index contributed by atoms with van der Waals surface area (Å²) >= 11 is 0. The summed E-state index contributed by atoms with van der Waals surface area (Å²) in [4.78, 5) is 21.2. The van der Waals surface area contributed by atoms with Gasteiger partial charge in [-0.1, -0.05) is 297 Å². The molecule has 0 atom stereocenters. The van der Waals surface area contributed by atoms with Crippen LogP contribution in [-0.4, -0.2) is 38.2 Å².